The average Bonchev–Trinajstić information content (AvgIpc) is 2.77. The first kappa shape index (κ1) is 26.9. The number of ketones is 2. The number of anilines is 2. The molecule has 0 heterocycles. The van der Waals surface area contributed by atoms with Crippen molar-refractivity contribution in [1.82, 2.24) is 0 Å². The van der Waals surface area contributed by atoms with Crippen molar-refractivity contribution in [3.8, 4) is 5.75 Å². The summed E-state index contributed by atoms with van der Waals surface area (Å²) in [6.07, 6.45) is 0. The molecule has 0 bridgehead atoms. The van der Waals surface area contributed by atoms with Gasteiger partial charge in [0.2, 0.25) is 0 Å². The van der Waals surface area contributed by atoms with E-state index >= 15 is 0 Å². The minimum Gasteiger partial charge on any atom is -0.744 e. The number of nitrogens with one attached hydrogen (secondary N) is 2. The number of hydrogen-bond acceptors (Lipinski definition) is 8. The minimum absolute atomic E-state index is 0. The van der Waals surface area contributed by atoms with Gasteiger partial charge in [-0.15, -0.1) is 0 Å². The predicted molar refractivity (Wildman–Crippen MR) is 127 cm³/mol. The zero-order chi connectivity index (χ0) is 24.6. The molecule has 10 heteroatoms. The number of benzene rings is 3. The summed E-state index contributed by atoms with van der Waals surface area (Å²) < 4.78 is 40.6. The Bertz CT molecular complexity index is 1420. The normalized spacial score (nSPS) is 12.5. The van der Waals surface area contributed by atoms with Crippen molar-refractivity contribution >= 4 is 33.1 Å². The first-order valence-electron chi connectivity index (χ1n) is 10.6. The van der Waals surface area contributed by atoms with Gasteiger partial charge in [0.15, 0.2) is 18.3 Å². The van der Waals surface area contributed by atoms with E-state index in [1.165, 1.54) is 19.1 Å². The van der Waals surface area contributed by atoms with Crippen molar-refractivity contribution in [2.75, 3.05) is 17.4 Å². The van der Waals surface area contributed by atoms with Crippen LogP contribution in [0.5, 0.6) is 5.75 Å². The largest absolute Gasteiger partial charge is 1.00 e. The van der Waals surface area contributed by atoms with E-state index < -0.39 is 15.0 Å². The van der Waals surface area contributed by atoms with Crippen LogP contribution in [0.1, 0.15) is 51.3 Å². The molecular weight excluding hydrogens is 479 g/mol. The SMILES string of the molecule is Cc1cccc(OCNc2ccc(NC(C)C)c3c2C(=O)c2ccccc2C3=O)c1S(=O)(=O)[O-].[Na+]. The summed E-state index contributed by atoms with van der Waals surface area (Å²) in [6.45, 7) is 5.13. The topological polar surface area (TPSA) is 125 Å². The van der Waals surface area contributed by atoms with Crippen molar-refractivity contribution in [3.63, 3.8) is 0 Å². The second-order valence-corrected chi connectivity index (χ2v) is 9.55. The van der Waals surface area contributed by atoms with E-state index in [9.17, 15) is 22.6 Å². The maximum atomic E-state index is 13.4. The van der Waals surface area contributed by atoms with Crippen LogP contribution in [0, 0.1) is 6.92 Å². The molecule has 0 aliphatic heterocycles. The molecule has 2 N–H and O–H groups in total. The summed E-state index contributed by atoms with van der Waals surface area (Å²) in [5, 5.41) is 6.18. The monoisotopic (exact) mass is 502 g/mol. The standard InChI is InChI=1S/C25H24N2O6S.Na/c1-14(2)27-19-12-11-18(21-22(19)24(29)17-9-5-4-8-16(17)23(21)28)26-13-33-20-10-6-7-15(3)25(20)34(30,31)32;/h4-12,14,26-27H,13H2,1-3H3,(H,30,31,32);/q;+1/p-1. The van der Waals surface area contributed by atoms with Crippen LogP contribution in [0.4, 0.5) is 11.4 Å². The summed E-state index contributed by atoms with van der Waals surface area (Å²) in [5.41, 5.74) is 2.29. The fraction of sp³-hybridized carbons (Fsp3) is 0.200. The van der Waals surface area contributed by atoms with E-state index in [-0.39, 0.29) is 76.3 Å². The van der Waals surface area contributed by atoms with Crippen LogP contribution in [0.15, 0.2) is 59.5 Å². The predicted octanol–water partition coefficient (Wildman–Crippen LogP) is 0.947. The molecular formula is C25H23N2NaO6S. The number of carbonyl (C=O) groups excluding carboxylic acids is 2. The third-order valence-electron chi connectivity index (χ3n) is 5.44. The second-order valence-electron chi connectivity index (χ2n) is 8.24. The number of hydrogen-bond donors (Lipinski definition) is 2. The Kier molecular flexibility index (Phi) is 8.08. The Morgan fingerprint density at radius 1 is 0.886 bits per heavy atom. The van der Waals surface area contributed by atoms with Gasteiger partial charge in [0.25, 0.3) is 0 Å². The van der Waals surface area contributed by atoms with Gasteiger partial charge >= 0.3 is 29.6 Å². The summed E-state index contributed by atoms with van der Waals surface area (Å²) in [7, 11) is -4.75. The molecule has 3 aromatic carbocycles. The van der Waals surface area contributed by atoms with Crippen molar-refractivity contribution in [3.05, 3.63) is 82.4 Å². The van der Waals surface area contributed by atoms with E-state index in [0.717, 1.165) is 0 Å². The number of ether oxygens (including phenoxy) is 1. The van der Waals surface area contributed by atoms with E-state index in [1.54, 1.807) is 42.5 Å². The molecule has 176 valence electrons. The molecule has 0 amide bonds. The first-order chi connectivity index (χ1) is 16.1. The van der Waals surface area contributed by atoms with Crippen molar-refractivity contribution < 1.29 is 56.9 Å². The molecule has 1 aliphatic carbocycles. The molecule has 0 fully saturated rings. The van der Waals surface area contributed by atoms with Gasteiger partial charge < -0.3 is 19.9 Å². The van der Waals surface area contributed by atoms with Gasteiger partial charge in [-0.25, -0.2) is 8.42 Å². The van der Waals surface area contributed by atoms with E-state index in [2.05, 4.69) is 10.6 Å². The average molecular weight is 503 g/mol. The number of aryl methyl sites for hydroxylation is 1. The van der Waals surface area contributed by atoms with Crippen LogP contribution in [0.2, 0.25) is 0 Å². The molecule has 0 atom stereocenters. The van der Waals surface area contributed by atoms with Gasteiger partial charge in [-0.1, -0.05) is 36.4 Å². The van der Waals surface area contributed by atoms with Gasteiger partial charge in [0.05, 0.1) is 16.0 Å². The molecule has 0 aromatic heterocycles. The number of carbonyl (C=O) groups is 2. The van der Waals surface area contributed by atoms with Crippen molar-refractivity contribution in [2.45, 2.75) is 31.7 Å². The Morgan fingerprint density at radius 2 is 1.46 bits per heavy atom. The third-order valence-corrected chi connectivity index (χ3v) is 6.46. The van der Waals surface area contributed by atoms with Crippen LogP contribution in [-0.2, 0) is 10.1 Å². The summed E-state index contributed by atoms with van der Waals surface area (Å²) in [6, 6.07) is 14.5. The van der Waals surface area contributed by atoms with Crippen molar-refractivity contribution in [1.29, 1.82) is 0 Å². The maximum absolute atomic E-state index is 13.4. The third kappa shape index (κ3) is 5.29. The van der Waals surface area contributed by atoms with Gasteiger partial charge in [-0.3, -0.25) is 9.59 Å². The van der Waals surface area contributed by atoms with Crippen molar-refractivity contribution in [2.24, 2.45) is 0 Å². The van der Waals surface area contributed by atoms with Crippen LogP contribution in [-0.4, -0.2) is 37.3 Å². The van der Waals surface area contributed by atoms with Gasteiger partial charge in [-0.05, 0) is 44.5 Å². The molecule has 8 nitrogen and oxygen atoms in total. The van der Waals surface area contributed by atoms with E-state index in [1.807, 2.05) is 13.8 Å². The fourth-order valence-electron chi connectivity index (χ4n) is 4.05. The molecule has 35 heavy (non-hydrogen) atoms. The zero-order valence-electron chi connectivity index (χ0n) is 19.8. The minimum atomic E-state index is -4.75. The summed E-state index contributed by atoms with van der Waals surface area (Å²) >= 11 is 0. The fourth-order valence-corrected chi connectivity index (χ4v) is 4.89. The van der Waals surface area contributed by atoms with Crippen LogP contribution >= 0.6 is 0 Å². The van der Waals surface area contributed by atoms with Crippen LogP contribution in [0.25, 0.3) is 0 Å². The van der Waals surface area contributed by atoms with Gasteiger partial charge in [-0.2, -0.15) is 0 Å². The second kappa shape index (κ2) is 10.5. The van der Waals surface area contributed by atoms with E-state index in [0.29, 0.717) is 22.5 Å². The summed E-state index contributed by atoms with van der Waals surface area (Å²) in [4.78, 5) is 26.3. The molecule has 0 unspecified atom stereocenters. The summed E-state index contributed by atoms with van der Waals surface area (Å²) in [5.74, 6) is -0.669. The van der Waals surface area contributed by atoms with Crippen LogP contribution < -0.4 is 44.9 Å². The number of fused-ring (bicyclic) bond motifs is 2. The molecule has 0 spiro atoms. The van der Waals surface area contributed by atoms with Crippen LogP contribution in [0.3, 0.4) is 0 Å². The smallest absolute Gasteiger partial charge is 0.744 e. The molecule has 1 aliphatic rings. The Morgan fingerprint density at radius 3 is 2.03 bits per heavy atom. The Hall–Kier alpha value is -2.69. The van der Waals surface area contributed by atoms with E-state index in [4.69, 9.17) is 4.74 Å². The Balaban J connectivity index is 0.00000342. The molecule has 4 rings (SSSR count). The molecule has 0 saturated carbocycles. The van der Waals surface area contributed by atoms with Gasteiger partial charge in [0.1, 0.15) is 15.9 Å². The number of rotatable bonds is 7. The Labute approximate surface area is 226 Å². The first-order valence-corrected chi connectivity index (χ1v) is 12.0. The quantitative estimate of drug-likeness (QED) is 0.217. The maximum Gasteiger partial charge on any atom is 1.00 e. The molecule has 0 saturated heterocycles. The molecule has 0 radical (unpaired) electrons. The molecule has 3 aromatic rings. The van der Waals surface area contributed by atoms with Gasteiger partial charge in [0, 0.05) is 28.5 Å². The zero-order valence-corrected chi connectivity index (χ0v) is 22.7.